The number of pyridine rings is 1. The molecule has 8 heteroatoms. The molecule has 3 heterocycles. The zero-order valence-corrected chi connectivity index (χ0v) is 15.8. The van der Waals surface area contributed by atoms with Crippen LogP contribution >= 0.6 is 0 Å². The average Bonchev–Trinajstić information content (AvgIpc) is 3.18. The monoisotopic (exact) mass is 385 g/mol. The Balaban J connectivity index is 1.45. The maximum atomic E-state index is 12.5. The van der Waals surface area contributed by atoms with E-state index >= 15 is 0 Å². The van der Waals surface area contributed by atoms with Crippen LogP contribution in [0.3, 0.4) is 0 Å². The minimum Gasteiger partial charge on any atom is -0.346 e. The predicted molar refractivity (Wildman–Crippen MR) is 106 cm³/mol. The third-order valence-corrected chi connectivity index (χ3v) is 6.34. The number of H-pyrrole nitrogens is 1. The van der Waals surface area contributed by atoms with Crippen LogP contribution in [-0.2, 0) is 10.0 Å². The van der Waals surface area contributed by atoms with E-state index in [0.29, 0.717) is 6.54 Å². The third-order valence-electron chi connectivity index (χ3n) is 4.87. The number of nitrogens with zero attached hydrogens (tertiary/aromatic N) is 2. The van der Waals surface area contributed by atoms with Crippen LogP contribution in [0, 0.1) is 0 Å². The summed E-state index contributed by atoms with van der Waals surface area (Å²) in [5, 5.41) is 4.31. The lowest BCUT2D eigenvalue weighted by molar-refractivity contribution is 0.245. The van der Waals surface area contributed by atoms with Gasteiger partial charge in [0, 0.05) is 57.0 Å². The molecule has 4 rings (SSSR count). The van der Waals surface area contributed by atoms with Crippen LogP contribution in [0.1, 0.15) is 0 Å². The third kappa shape index (κ3) is 4.03. The lowest BCUT2D eigenvalue weighted by Crippen LogP contribution is -2.46. The summed E-state index contributed by atoms with van der Waals surface area (Å²) in [6, 6.07) is 10.9. The van der Waals surface area contributed by atoms with Gasteiger partial charge in [-0.05, 0) is 35.4 Å². The highest BCUT2D eigenvalue weighted by Crippen LogP contribution is 2.27. The molecule has 1 saturated heterocycles. The SMILES string of the molecule is O=S(=O)(NCCN1CCNCC1)c1ccc(-c2ccnc3[nH]ccc23)cc1. The molecule has 3 aromatic rings. The first-order chi connectivity index (χ1) is 13.1. The fourth-order valence-electron chi connectivity index (χ4n) is 3.38. The molecule has 2 aromatic heterocycles. The number of nitrogens with one attached hydrogen (secondary N) is 3. The van der Waals surface area contributed by atoms with Gasteiger partial charge < -0.3 is 10.3 Å². The van der Waals surface area contributed by atoms with E-state index in [4.69, 9.17) is 0 Å². The topological polar surface area (TPSA) is 90.1 Å². The van der Waals surface area contributed by atoms with E-state index < -0.39 is 10.0 Å². The van der Waals surface area contributed by atoms with Crippen LogP contribution in [0.2, 0.25) is 0 Å². The fraction of sp³-hybridized carbons (Fsp3) is 0.316. The van der Waals surface area contributed by atoms with Crippen LogP contribution in [0.4, 0.5) is 0 Å². The Morgan fingerprint density at radius 2 is 1.85 bits per heavy atom. The first-order valence-corrected chi connectivity index (χ1v) is 10.6. The fourth-order valence-corrected chi connectivity index (χ4v) is 4.40. The molecule has 0 spiro atoms. The molecule has 0 atom stereocenters. The van der Waals surface area contributed by atoms with Crippen LogP contribution in [0.5, 0.6) is 0 Å². The molecule has 0 saturated carbocycles. The van der Waals surface area contributed by atoms with Gasteiger partial charge in [-0.25, -0.2) is 18.1 Å². The Morgan fingerprint density at radius 1 is 1.07 bits per heavy atom. The van der Waals surface area contributed by atoms with Crippen molar-refractivity contribution in [2.24, 2.45) is 0 Å². The number of hydrogen-bond acceptors (Lipinski definition) is 5. The zero-order valence-electron chi connectivity index (χ0n) is 15.0. The second-order valence-corrected chi connectivity index (χ2v) is 8.38. The molecular weight excluding hydrogens is 362 g/mol. The molecule has 1 fully saturated rings. The van der Waals surface area contributed by atoms with E-state index in [9.17, 15) is 8.42 Å². The van der Waals surface area contributed by atoms with Crippen LogP contribution < -0.4 is 10.0 Å². The van der Waals surface area contributed by atoms with Gasteiger partial charge >= 0.3 is 0 Å². The van der Waals surface area contributed by atoms with Crippen molar-refractivity contribution in [3.05, 3.63) is 48.8 Å². The molecule has 27 heavy (non-hydrogen) atoms. The second kappa shape index (κ2) is 7.77. The van der Waals surface area contributed by atoms with Crippen molar-refractivity contribution in [3.63, 3.8) is 0 Å². The van der Waals surface area contributed by atoms with Gasteiger partial charge in [0.05, 0.1) is 4.90 Å². The van der Waals surface area contributed by atoms with E-state index in [2.05, 4.69) is 24.9 Å². The van der Waals surface area contributed by atoms with Crippen molar-refractivity contribution in [3.8, 4) is 11.1 Å². The first kappa shape index (κ1) is 18.1. The van der Waals surface area contributed by atoms with Crippen molar-refractivity contribution in [1.82, 2.24) is 24.9 Å². The van der Waals surface area contributed by atoms with Gasteiger partial charge in [-0.3, -0.25) is 4.90 Å². The van der Waals surface area contributed by atoms with Gasteiger partial charge in [-0.15, -0.1) is 0 Å². The largest absolute Gasteiger partial charge is 0.346 e. The molecule has 1 aliphatic heterocycles. The van der Waals surface area contributed by atoms with Gasteiger partial charge in [-0.2, -0.15) is 0 Å². The second-order valence-electron chi connectivity index (χ2n) is 6.61. The summed E-state index contributed by atoms with van der Waals surface area (Å²) < 4.78 is 27.8. The summed E-state index contributed by atoms with van der Waals surface area (Å²) in [5.41, 5.74) is 2.80. The standard InChI is InChI=1S/C19H23N5O2S/c25-27(26,23-11-14-24-12-9-20-10-13-24)16-3-1-15(2-4-16)17-5-7-21-19-18(17)6-8-22-19/h1-8,20,23H,9-14H2,(H,21,22). The minimum atomic E-state index is -3.50. The molecule has 0 unspecified atom stereocenters. The van der Waals surface area contributed by atoms with Gasteiger partial charge in [0.2, 0.25) is 10.0 Å². The summed E-state index contributed by atoms with van der Waals surface area (Å²) in [4.78, 5) is 9.92. The van der Waals surface area contributed by atoms with Crippen LogP contribution in [0.15, 0.2) is 53.7 Å². The number of rotatable bonds is 6. The Hall–Kier alpha value is -2.26. The van der Waals surface area contributed by atoms with Gasteiger partial charge in [-0.1, -0.05) is 12.1 Å². The van der Waals surface area contributed by atoms with E-state index in [1.165, 1.54) is 0 Å². The quantitative estimate of drug-likeness (QED) is 0.597. The Kier molecular flexibility index (Phi) is 5.22. The lowest BCUT2D eigenvalue weighted by Gasteiger charge is -2.27. The highest BCUT2D eigenvalue weighted by molar-refractivity contribution is 7.89. The number of aromatic amines is 1. The highest BCUT2D eigenvalue weighted by atomic mass is 32.2. The summed E-state index contributed by atoms with van der Waals surface area (Å²) >= 11 is 0. The van der Waals surface area contributed by atoms with Crippen molar-refractivity contribution >= 4 is 21.1 Å². The number of fused-ring (bicyclic) bond motifs is 1. The van der Waals surface area contributed by atoms with E-state index in [1.807, 2.05) is 30.5 Å². The average molecular weight is 385 g/mol. The van der Waals surface area contributed by atoms with Crippen molar-refractivity contribution in [1.29, 1.82) is 0 Å². The Bertz CT molecular complexity index is 1010. The van der Waals surface area contributed by atoms with E-state index in [-0.39, 0.29) is 4.90 Å². The predicted octanol–water partition coefficient (Wildman–Crippen LogP) is 1.41. The van der Waals surface area contributed by atoms with Crippen molar-refractivity contribution in [2.45, 2.75) is 4.90 Å². The molecule has 1 aliphatic rings. The van der Waals surface area contributed by atoms with Gasteiger partial charge in [0.15, 0.2) is 0 Å². The Morgan fingerprint density at radius 3 is 2.63 bits per heavy atom. The summed E-state index contributed by atoms with van der Waals surface area (Å²) in [7, 11) is -3.50. The molecule has 0 amide bonds. The number of sulfonamides is 1. The number of benzene rings is 1. The highest BCUT2D eigenvalue weighted by Gasteiger charge is 2.16. The molecule has 7 nitrogen and oxygen atoms in total. The molecule has 142 valence electrons. The normalized spacial score (nSPS) is 16.0. The van der Waals surface area contributed by atoms with Crippen molar-refractivity contribution < 1.29 is 8.42 Å². The molecule has 0 radical (unpaired) electrons. The van der Waals surface area contributed by atoms with Crippen LogP contribution in [-0.4, -0.2) is 62.6 Å². The molecule has 3 N–H and O–H groups in total. The number of aromatic nitrogens is 2. The van der Waals surface area contributed by atoms with Crippen molar-refractivity contribution in [2.75, 3.05) is 39.3 Å². The van der Waals surface area contributed by atoms with E-state index in [1.54, 1.807) is 18.3 Å². The van der Waals surface area contributed by atoms with Gasteiger partial charge in [0.1, 0.15) is 5.65 Å². The van der Waals surface area contributed by atoms with Crippen LogP contribution in [0.25, 0.3) is 22.2 Å². The van der Waals surface area contributed by atoms with E-state index in [0.717, 1.165) is 54.9 Å². The summed E-state index contributed by atoms with van der Waals surface area (Å²) in [6.07, 6.45) is 3.60. The summed E-state index contributed by atoms with van der Waals surface area (Å²) in [6.45, 7) is 4.96. The Labute approximate surface area is 158 Å². The minimum absolute atomic E-state index is 0.283. The maximum absolute atomic E-state index is 12.5. The molecule has 1 aromatic carbocycles. The maximum Gasteiger partial charge on any atom is 0.240 e. The molecular formula is C19H23N5O2S. The number of hydrogen-bond donors (Lipinski definition) is 3. The smallest absolute Gasteiger partial charge is 0.240 e. The summed E-state index contributed by atoms with van der Waals surface area (Å²) in [5.74, 6) is 0. The van der Waals surface area contributed by atoms with Gasteiger partial charge in [0.25, 0.3) is 0 Å². The molecule has 0 bridgehead atoms. The molecule has 0 aliphatic carbocycles. The number of piperazine rings is 1. The first-order valence-electron chi connectivity index (χ1n) is 9.09. The zero-order chi connectivity index (χ0) is 18.7. The lowest BCUT2D eigenvalue weighted by atomic mass is 10.0.